The maximum Gasteiger partial charge on any atom is 0.227 e. The number of aliphatic hydroxyl groups excluding tert-OH is 1. The van der Waals surface area contributed by atoms with Crippen LogP contribution < -0.4 is 0 Å². The lowest BCUT2D eigenvalue weighted by Crippen LogP contribution is -2.44. The summed E-state index contributed by atoms with van der Waals surface area (Å²) in [5.41, 5.74) is 0. The Morgan fingerprint density at radius 3 is 2.65 bits per heavy atom. The van der Waals surface area contributed by atoms with Crippen molar-refractivity contribution in [2.75, 3.05) is 39.4 Å². The van der Waals surface area contributed by atoms with Crippen molar-refractivity contribution in [2.45, 2.75) is 32.3 Å². The lowest BCUT2D eigenvalue weighted by Gasteiger charge is -2.33. The Morgan fingerprint density at radius 2 is 2.10 bits per heavy atom. The van der Waals surface area contributed by atoms with Crippen LogP contribution in [0.4, 0.5) is 0 Å². The second-order valence-corrected chi connectivity index (χ2v) is 5.45. The van der Waals surface area contributed by atoms with Gasteiger partial charge < -0.3 is 19.6 Å². The number of rotatable bonds is 5. The zero-order valence-corrected chi connectivity index (χ0v) is 12.1. The summed E-state index contributed by atoms with van der Waals surface area (Å²) in [7, 11) is 0. The third-order valence-corrected chi connectivity index (χ3v) is 4.14. The Balaban J connectivity index is 1.79. The number of hydrogen-bond donors (Lipinski definition) is 1. The van der Waals surface area contributed by atoms with Crippen molar-refractivity contribution in [3.63, 3.8) is 0 Å². The molecular formula is C14H24N2O4. The van der Waals surface area contributed by atoms with Crippen LogP contribution in [0.5, 0.6) is 0 Å². The van der Waals surface area contributed by atoms with Crippen molar-refractivity contribution >= 4 is 11.8 Å². The van der Waals surface area contributed by atoms with Crippen LogP contribution >= 0.6 is 0 Å². The maximum atomic E-state index is 12.4. The van der Waals surface area contributed by atoms with Crippen LogP contribution in [0, 0.1) is 5.92 Å². The van der Waals surface area contributed by atoms with Gasteiger partial charge in [-0.3, -0.25) is 9.59 Å². The van der Waals surface area contributed by atoms with Gasteiger partial charge in [0.25, 0.3) is 0 Å². The average Bonchev–Trinajstić information content (AvgIpc) is 2.86. The molecule has 2 aliphatic rings. The number of aliphatic hydroxyl groups is 1. The monoisotopic (exact) mass is 284 g/mol. The normalized spacial score (nSPS) is 24.5. The number of ether oxygens (including phenoxy) is 1. The molecule has 1 unspecified atom stereocenters. The van der Waals surface area contributed by atoms with Gasteiger partial charge in [0, 0.05) is 32.6 Å². The Bertz CT molecular complexity index is 353. The molecule has 1 atom stereocenters. The number of carbonyl (C=O) groups is 2. The molecule has 0 saturated carbocycles. The average molecular weight is 284 g/mol. The number of carbonyl (C=O) groups excluding carboxylic acids is 2. The molecule has 1 N–H and O–H groups in total. The molecule has 0 aromatic carbocycles. The minimum absolute atomic E-state index is 0.0379. The van der Waals surface area contributed by atoms with E-state index in [1.165, 1.54) is 0 Å². The molecule has 2 heterocycles. The molecule has 6 heteroatoms. The predicted octanol–water partition coefficient (Wildman–Crippen LogP) is -0.145. The number of hydrogen-bond acceptors (Lipinski definition) is 4. The fourth-order valence-electron chi connectivity index (χ4n) is 2.96. The Kier molecular flexibility index (Phi) is 5.37. The summed E-state index contributed by atoms with van der Waals surface area (Å²) in [6.45, 7) is 4.96. The van der Waals surface area contributed by atoms with Crippen LogP contribution in [-0.4, -0.2) is 72.2 Å². The summed E-state index contributed by atoms with van der Waals surface area (Å²) in [4.78, 5) is 27.7. The lowest BCUT2D eigenvalue weighted by molar-refractivity contribution is -0.138. The van der Waals surface area contributed by atoms with Crippen LogP contribution in [-0.2, 0) is 14.3 Å². The lowest BCUT2D eigenvalue weighted by atomic mass is 10.0. The first kappa shape index (κ1) is 15.3. The quantitative estimate of drug-likeness (QED) is 0.762. The highest BCUT2D eigenvalue weighted by molar-refractivity contribution is 5.89. The smallest absolute Gasteiger partial charge is 0.227 e. The van der Waals surface area contributed by atoms with Gasteiger partial charge in [-0.1, -0.05) is 0 Å². The fourth-order valence-corrected chi connectivity index (χ4v) is 2.96. The largest absolute Gasteiger partial charge is 0.394 e. The molecule has 0 aromatic rings. The minimum Gasteiger partial charge on any atom is -0.394 e. The Labute approximate surface area is 119 Å². The topological polar surface area (TPSA) is 70.1 Å². The molecule has 114 valence electrons. The summed E-state index contributed by atoms with van der Waals surface area (Å²) in [5, 5.41) is 8.73. The molecule has 0 spiro atoms. The zero-order valence-electron chi connectivity index (χ0n) is 12.1. The summed E-state index contributed by atoms with van der Waals surface area (Å²) in [5.74, 6) is 0.0271. The van der Waals surface area contributed by atoms with Gasteiger partial charge in [-0.15, -0.1) is 0 Å². The van der Waals surface area contributed by atoms with Gasteiger partial charge >= 0.3 is 0 Å². The summed E-state index contributed by atoms with van der Waals surface area (Å²) in [6.07, 6.45) is 2.12. The number of likely N-dealkylation sites (tertiary alicyclic amines) is 2. The Morgan fingerprint density at radius 1 is 1.40 bits per heavy atom. The fraction of sp³-hybridized carbons (Fsp3) is 0.857. The van der Waals surface area contributed by atoms with E-state index in [1.54, 1.807) is 4.90 Å². The van der Waals surface area contributed by atoms with Gasteiger partial charge in [-0.2, -0.15) is 0 Å². The van der Waals surface area contributed by atoms with E-state index < -0.39 is 0 Å². The Hall–Kier alpha value is -1.14. The predicted molar refractivity (Wildman–Crippen MR) is 73.0 cm³/mol. The zero-order chi connectivity index (χ0) is 14.5. The van der Waals surface area contributed by atoms with Crippen molar-refractivity contribution in [1.29, 1.82) is 0 Å². The van der Waals surface area contributed by atoms with E-state index in [9.17, 15) is 9.59 Å². The van der Waals surface area contributed by atoms with Crippen LogP contribution in [0.15, 0.2) is 0 Å². The molecule has 2 amide bonds. The molecule has 20 heavy (non-hydrogen) atoms. The highest BCUT2D eigenvalue weighted by atomic mass is 16.5. The molecule has 2 aliphatic heterocycles. The molecule has 2 saturated heterocycles. The molecule has 0 aromatic heterocycles. The third kappa shape index (κ3) is 3.49. The van der Waals surface area contributed by atoms with Crippen molar-refractivity contribution in [1.82, 2.24) is 9.80 Å². The molecule has 0 radical (unpaired) electrons. The van der Waals surface area contributed by atoms with Gasteiger partial charge in [-0.25, -0.2) is 0 Å². The SMILES string of the molecule is CCN1CC(C(=O)N2CCC(OCCO)CC2)CC1=O. The molecular weight excluding hydrogens is 260 g/mol. The second kappa shape index (κ2) is 7.04. The number of amides is 2. The number of nitrogens with zero attached hydrogens (tertiary/aromatic N) is 2. The van der Waals surface area contributed by atoms with Crippen LogP contribution in [0.25, 0.3) is 0 Å². The van der Waals surface area contributed by atoms with E-state index in [0.717, 1.165) is 12.8 Å². The molecule has 2 rings (SSSR count). The van der Waals surface area contributed by atoms with E-state index >= 15 is 0 Å². The van der Waals surface area contributed by atoms with Gasteiger partial charge in [0.05, 0.1) is 25.2 Å². The molecule has 0 bridgehead atoms. The molecule has 6 nitrogen and oxygen atoms in total. The van der Waals surface area contributed by atoms with Crippen molar-refractivity contribution in [3.8, 4) is 0 Å². The summed E-state index contributed by atoms with van der Waals surface area (Å²) in [6, 6.07) is 0. The second-order valence-electron chi connectivity index (χ2n) is 5.45. The van der Waals surface area contributed by atoms with E-state index in [4.69, 9.17) is 9.84 Å². The van der Waals surface area contributed by atoms with Crippen LogP contribution in [0.1, 0.15) is 26.2 Å². The van der Waals surface area contributed by atoms with E-state index in [0.29, 0.717) is 39.2 Å². The third-order valence-electron chi connectivity index (χ3n) is 4.14. The molecule has 2 fully saturated rings. The van der Waals surface area contributed by atoms with E-state index in [1.807, 2.05) is 11.8 Å². The first-order valence-electron chi connectivity index (χ1n) is 7.44. The standard InChI is InChI=1S/C14H24N2O4/c1-2-15-10-11(9-13(15)18)14(19)16-5-3-12(4-6-16)20-8-7-17/h11-12,17H,2-10H2,1H3. The van der Waals surface area contributed by atoms with Crippen molar-refractivity contribution in [2.24, 2.45) is 5.92 Å². The summed E-state index contributed by atoms with van der Waals surface area (Å²) >= 11 is 0. The molecule has 0 aliphatic carbocycles. The minimum atomic E-state index is -0.169. The maximum absolute atomic E-state index is 12.4. The first-order valence-corrected chi connectivity index (χ1v) is 7.44. The van der Waals surface area contributed by atoms with Gasteiger partial charge in [-0.05, 0) is 19.8 Å². The van der Waals surface area contributed by atoms with Gasteiger partial charge in [0.2, 0.25) is 11.8 Å². The van der Waals surface area contributed by atoms with Gasteiger partial charge in [0.15, 0.2) is 0 Å². The first-order chi connectivity index (χ1) is 9.65. The summed E-state index contributed by atoms with van der Waals surface area (Å²) < 4.78 is 5.49. The van der Waals surface area contributed by atoms with Crippen LogP contribution in [0.3, 0.4) is 0 Å². The van der Waals surface area contributed by atoms with Gasteiger partial charge in [0.1, 0.15) is 0 Å². The highest BCUT2D eigenvalue weighted by Crippen LogP contribution is 2.22. The van der Waals surface area contributed by atoms with E-state index in [-0.39, 0.29) is 30.4 Å². The van der Waals surface area contributed by atoms with E-state index in [2.05, 4.69) is 0 Å². The van der Waals surface area contributed by atoms with Crippen molar-refractivity contribution < 1.29 is 19.4 Å². The van der Waals surface area contributed by atoms with Crippen molar-refractivity contribution in [3.05, 3.63) is 0 Å². The highest BCUT2D eigenvalue weighted by Gasteiger charge is 2.36. The number of piperidine rings is 1. The van der Waals surface area contributed by atoms with Crippen LogP contribution in [0.2, 0.25) is 0 Å².